The van der Waals surface area contributed by atoms with Gasteiger partial charge in [0.2, 0.25) is 6.04 Å². The number of amidine groups is 1. The van der Waals surface area contributed by atoms with Crippen molar-refractivity contribution >= 4 is 93.1 Å². The van der Waals surface area contributed by atoms with Crippen LogP contribution < -0.4 is 10.0 Å². The topological polar surface area (TPSA) is 118 Å². The molecule has 57 heavy (non-hydrogen) atoms. The van der Waals surface area contributed by atoms with Gasteiger partial charge >= 0.3 is 0 Å². The highest BCUT2D eigenvalue weighted by atomic mass is 35.5. The molecule has 0 bridgehead atoms. The van der Waals surface area contributed by atoms with Gasteiger partial charge in [-0.05, 0) is 66.9 Å². The maximum atomic E-state index is 14.2. The number of anilines is 2. The number of rotatable bonds is 21. The van der Waals surface area contributed by atoms with Gasteiger partial charge in [0, 0.05) is 5.02 Å². The van der Waals surface area contributed by atoms with Gasteiger partial charge in [0.15, 0.2) is 5.84 Å². The van der Waals surface area contributed by atoms with Gasteiger partial charge in [0.25, 0.3) is 17.7 Å². The number of hydrogen-bond donors (Lipinski definition) is 1. The third-order valence-corrected chi connectivity index (χ3v) is 11.0. The molecule has 2 heterocycles. The van der Waals surface area contributed by atoms with Crippen molar-refractivity contribution in [1.29, 1.82) is 0 Å². The van der Waals surface area contributed by atoms with Gasteiger partial charge in [0.05, 0.1) is 27.8 Å². The number of hydrazine groups is 1. The van der Waals surface area contributed by atoms with E-state index >= 15 is 0 Å². The second-order valence-corrected chi connectivity index (χ2v) is 16.1. The van der Waals surface area contributed by atoms with Crippen molar-refractivity contribution in [2.75, 3.05) is 10.0 Å². The van der Waals surface area contributed by atoms with Crippen molar-refractivity contribution in [2.24, 2.45) is 15.3 Å². The van der Waals surface area contributed by atoms with E-state index in [0.29, 0.717) is 11.4 Å². The molecule has 0 aliphatic carbocycles. The quantitative estimate of drug-likeness (QED) is 0.0495. The van der Waals surface area contributed by atoms with Gasteiger partial charge in [-0.1, -0.05) is 149 Å². The van der Waals surface area contributed by atoms with Crippen molar-refractivity contribution in [2.45, 2.75) is 121 Å². The molecule has 1 saturated heterocycles. The summed E-state index contributed by atoms with van der Waals surface area (Å²) in [6.45, 7) is 2.26. The molecule has 0 aromatic heterocycles. The summed E-state index contributed by atoms with van der Waals surface area (Å²) in [6, 6.07) is 14.4. The fourth-order valence-electron chi connectivity index (χ4n) is 6.81. The van der Waals surface area contributed by atoms with Crippen LogP contribution in [0.4, 0.5) is 17.1 Å². The Morgan fingerprint density at radius 3 is 1.98 bits per heavy atom. The lowest BCUT2D eigenvalue weighted by Gasteiger charge is -2.32. The van der Waals surface area contributed by atoms with Crippen LogP contribution in [0.1, 0.15) is 115 Å². The lowest BCUT2D eigenvalue weighted by molar-refractivity contribution is -0.138. The van der Waals surface area contributed by atoms with Crippen LogP contribution in [-0.4, -0.2) is 45.1 Å². The average molecular weight is 857 g/mol. The molecule has 2 unspecified atom stereocenters. The van der Waals surface area contributed by atoms with Gasteiger partial charge in [-0.25, -0.2) is 5.01 Å². The number of benzene rings is 3. The molecule has 3 aromatic carbocycles. The number of aromatic hydroxyl groups is 1. The maximum absolute atomic E-state index is 14.2. The first kappa shape index (κ1) is 44.1. The standard InChI is InChI=1S/C43H50Cl4N6O4/c1-2-3-4-5-6-7-8-9-10-11-12-13-14-15-16-17-19-30-20-18-21-33(26-30)52(53-38(55)29-37(47)42(53)56)41-39(49-48-32-22-24-34(54)25-23-32)43(57)51(50-41)40-35(45)27-31(44)28-36(40)46/h17-28,37,39,54H,2-16,29H2,1H3. The predicted molar refractivity (Wildman–Crippen MR) is 232 cm³/mol. The molecule has 304 valence electrons. The Morgan fingerprint density at radius 2 is 1.40 bits per heavy atom. The van der Waals surface area contributed by atoms with Crippen LogP contribution in [-0.2, 0) is 14.4 Å². The van der Waals surface area contributed by atoms with E-state index in [1.807, 2.05) is 12.1 Å². The zero-order valence-electron chi connectivity index (χ0n) is 32.3. The number of hydrogen-bond acceptors (Lipinski definition) is 8. The molecule has 3 aromatic rings. The molecular formula is C43H50Cl4N6O4. The predicted octanol–water partition coefficient (Wildman–Crippen LogP) is 12.8. The van der Waals surface area contributed by atoms with Crippen LogP contribution in [0.2, 0.25) is 15.1 Å². The average Bonchev–Trinajstić information content (AvgIpc) is 3.63. The van der Waals surface area contributed by atoms with Gasteiger partial charge in [-0.15, -0.1) is 16.7 Å². The third-order valence-electron chi connectivity index (χ3n) is 9.85. The van der Waals surface area contributed by atoms with E-state index in [1.54, 1.807) is 18.2 Å². The number of amides is 3. The molecule has 2 aliphatic rings. The minimum Gasteiger partial charge on any atom is -0.508 e. The van der Waals surface area contributed by atoms with Gasteiger partial charge in [-0.3, -0.25) is 14.4 Å². The number of imide groups is 1. The molecule has 14 heteroatoms. The molecule has 0 radical (unpaired) electrons. The molecule has 1 N–H and O–H groups in total. The summed E-state index contributed by atoms with van der Waals surface area (Å²) in [6.07, 6.45) is 23.0. The largest absolute Gasteiger partial charge is 0.508 e. The normalized spacial score (nSPS) is 17.2. The number of azo groups is 1. The molecule has 2 atom stereocenters. The lowest BCUT2D eigenvalue weighted by atomic mass is 10.0. The molecule has 10 nitrogen and oxygen atoms in total. The molecule has 0 spiro atoms. The van der Waals surface area contributed by atoms with Crippen molar-refractivity contribution in [3.05, 3.63) is 87.4 Å². The maximum Gasteiger partial charge on any atom is 0.282 e. The SMILES string of the molecule is CCCCCCCCCCCCCCCCC=Cc1cccc(N(C2=NN(c3c(Cl)cc(Cl)cc3Cl)C(=O)C2N=Nc2ccc(O)cc2)N2C(=O)CC(Cl)C2=O)c1. The highest BCUT2D eigenvalue weighted by molar-refractivity contribution is 6.43. The highest BCUT2D eigenvalue weighted by Crippen LogP contribution is 2.40. The summed E-state index contributed by atoms with van der Waals surface area (Å²) >= 11 is 25.6. The Morgan fingerprint density at radius 1 is 0.807 bits per heavy atom. The van der Waals surface area contributed by atoms with Crippen LogP contribution in [0.25, 0.3) is 6.08 Å². The molecule has 1 fully saturated rings. The summed E-state index contributed by atoms with van der Waals surface area (Å²) in [5, 5.41) is 25.2. The first-order valence-corrected chi connectivity index (χ1v) is 21.5. The van der Waals surface area contributed by atoms with E-state index in [1.165, 1.54) is 125 Å². The third kappa shape index (κ3) is 12.3. The minimum absolute atomic E-state index is 0.0210. The number of phenols is 1. The Bertz CT molecular complexity index is 1920. The Hall–Kier alpha value is -3.96. The van der Waals surface area contributed by atoms with Gasteiger partial charge < -0.3 is 5.11 Å². The number of phenolic OH excluding ortho intramolecular Hbond substituents is 1. The monoisotopic (exact) mass is 854 g/mol. The number of carbonyl (C=O) groups is 3. The summed E-state index contributed by atoms with van der Waals surface area (Å²) < 4.78 is 0. The second-order valence-electron chi connectivity index (χ2n) is 14.4. The van der Waals surface area contributed by atoms with E-state index in [9.17, 15) is 19.5 Å². The smallest absolute Gasteiger partial charge is 0.282 e. The molecule has 3 amide bonds. The summed E-state index contributed by atoms with van der Waals surface area (Å²) in [5.41, 5.74) is 1.51. The molecule has 5 rings (SSSR count). The van der Waals surface area contributed by atoms with E-state index < -0.39 is 29.1 Å². The zero-order valence-corrected chi connectivity index (χ0v) is 35.3. The van der Waals surface area contributed by atoms with E-state index in [0.717, 1.165) is 28.4 Å². The van der Waals surface area contributed by atoms with Crippen molar-refractivity contribution in [3.8, 4) is 5.75 Å². The van der Waals surface area contributed by atoms with E-state index in [-0.39, 0.29) is 38.8 Å². The van der Waals surface area contributed by atoms with Crippen molar-refractivity contribution in [3.63, 3.8) is 0 Å². The number of halogens is 4. The zero-order chi connectivity index (χ0) is 40.7. The molecule has 0 saturated carbocycles. The van der Waals surface area contributed by atoms with Gasteiger partial charge in [-0.2, -0.15) is 20.2 Å². The fraction of sp³-hybridized carbons (Fsp3) is 0.442. The number of carbonyl (C=O) groups excluding carboxylic acids is 3. The van der Waals surface area contributed by atoms with E-state index in [4.69, 9.17) is 46.4 Å². The summed E-state index contributed by atoms with van der Waals surface area (Å²) in [7, 11) is 0. The summed E-state index contributed by atoms with van der Waals surface area (Å²) in [4.78, 5) is 41.2. The van der Waals surface area contributed by atoms with E-state index in [2.05, 4.69) is 28.3 Å². The Kier molecular flexibility index (Phi) is 17.2. The minimum atomic E-state index is -1.48. The Labute approximate surface area is 355 Å². The number of nitrogens with zero attached hydrogens (tertiary/aromatic N) is 6. The highest BCUT2D eigenvalue weighted by Gasteiger charge is 2.49. The van der Waals surface area contributed by atoms with Crippen molar-refractivity contribution in [1.82, 2.24) is 5.01 Å². The van der Waals surface area contributed by atoms with Crippen LogP contribution in [0.5, 0.6) is 5.75 Å². The van der Waals surface area contributed by atoms with Crippen molar-refractivity contribution < 1.29 is 19.5 Å². The lowest BCUT2D eigenvalue weighted by Crippen LogP contribution is -2.53. The van der Waals surface area contributed by atoms with Crippen LogP contribution in [0, 0.1) is 0 Å². The second kappa shape index (κ2) is 22.3. The summed E-state index contributed by atoms with van der Waals surface area (Å²) in [5.74, 6) is -2.10. The van der Waals surface area contributed by atoms with Crippen LogP contribution in [0.15, 0.2) is 82.1 Å². The first-order chi connectivity index (χ1) is 27.6. The number of hydrazone groups is 1. The Balaban J connectivity index is 1.32. The number of alkyl halides is 1. The number of allylic oxidation sites excluding steroid dienone is 1. The fourth-order valence-corrected chi connectivity index (χ4v) is 8.01. The molecule has 2 aliphatic heterocycles. The molecular weight excluding hydrogens is 806 g/mol. The first-order valence-electron chi connectivity index (χ1n) is 19.9. The van der Waals surface area contributed by atoms with Gasteiger partial charge in [0.1, 0.15) is 16.8 Å². The van der Waals surface area contributed by atoms with Crippen LogP contribution in [0.3, 0.4) is 0 Å². The number of unbranched alkanes of at least 4 members (excludes halogenated alkanes) is 14. The van der Waals surface area contributed by atoms with Crippen LogP contribution >= 0.6 is 46.4 Å².